The monoisotopic (exact) mass is 452 g/mol. The molecular weight excluding hydrogens is 412 g/mol. The molecule has 0 spiro atoms. The molecule has 1 aliphatic carbocycles. The molecule has 6 nitrogen and oxygen atoms in total. The van der Waals surface area contributed by atoms with Crippen LogP contribution in [0.1, 0.15) is 71.3 Å². The SMILES string of the molecule is Cc1cnn(-c2ccc(N3CCC[C@H](C[C@@H]4CCCC[C@H]4NC(=O)OC(C)(C)C)C3)cc2)c1. The summed E-state index contributed by atoms with van der Waals surface area (Å²) in [6.07, 6.45) is 12.1. The lowest BCUT2D eigenvalue weighted by Gasteiger charge is -2.39. The lowest BCUT2D eigenvalue weighted by molar-refractivity contribution is 0.0460. The average molecular weight is 453 g/mol. The first kappa shape index (κ1) is 23.7. The summed E-state index contributed by atoms with van der Waals surface area (Å²) in [5.74, 6) is 1.21. The van der Waals surface area contributed by atoms with Crippen LogP contribution in [0.5, 0.6) is 0 Å². The predicted molar refractivity (Wildman–Crippen MR) is 133 cm³/mol. The number of rotatable bonds is 5. The molecule has 3 atom stereocenters. The fourth-order valence-corrected chi connectivity index (χ4v) is 5.43. The van der Waals surface area contributed by atoms with E-state index in [9.17, 15) is 4.79 Å². The third kappa shape index (κ3) is 6.52. The molecule has 1 N–H and O–H groups in total. The second kappa shape index (κ2) is 10.2. The van der Waals surface area contributed by atoms with Gasteiger partial charge in [0.25, 0.3) is 0 Å². The number of aryl methyl sites for hydroxylation is 1. The van der Waals surface area contributed by atoms with Crippen molar-refractivity contribution in [3.05, 3.63) is 42.2 Å². The van der Waals surface area contributed by atoms with Crippen LogP contribution in [-0.2, 0) is 4.74 Å². The molecule has 2 aliphatic rings. The van der Waals surface area contributed by atoms with E-state index >= 15 is 0 Å². The number of anilines is 1. The summed E-state index contributed by atoms with van der Waals surface area (Å²) in [7, 11) is 0. The van der Waals surface area contributed by atoms with E-state index in [1.54, 1.807) is 0 Å². The van der Waals surface area contributed by atoms with Gasteiger partial charge < -0.3 is 15.0 Å². The average Bonchev–Trinajstić information content (AvgIpc) is 3.20. The van der Waals surface area contributed by atoms with Crippen molar-refractivity contribution in [2.45, 2.75) is 84.3 Å². The molecule has 6 heteroatoms. The molecule has 1 aromatic carbocycles. The summed E-state index contributed by atoms with van der Waals surface area (Å²) >= 11 is 0. The summed E-state index contributed by atoms with van der Waals surface area (Å²) in [6, 6.07) is 9.01. The van der Waals surface area contributed by atoms with Gasteiger partial charge in [0.05, 0.1) is 11.9 Å². The van der Waals surface area contributed by atoms with Crippen molar-refractivity contribution in [1.29, 1.82) is 0 Å². The van der Waals surface area contributed by atoms with Crippen LogP contribution in [0.3, 0.4) is 0 Å². The van der Waals surface area contributed by atoms with Crippen molar-refractivity contribution >= 4 is 11.8 Å². The van der Waals surface area contributed by atoms with Gasteiger partial charge in [-0.2, -0.15) is 5.10 Å². The summed E-state index contributed by atoms with van der Waals surface area (Å²) in [5.41, 5.74) is 3.10. The normalized spacial score (nSPS) is 23.9. The third-order valence-electron chi connectivity index (χ3n) is 6.96. The van der Waals surface area contributed by atoms with Crippen LogP contribution in [0.2, 0.25) is 0 Å². The Morgan fingerprint density at radius 2 is 1.82 bits per heavy atom. The van der Waals surface area contributed by atoms with Crippen LogP contribution < -0.4 is 10.2 Å². The van der Waals surface area contributed by atoms with Crippen molar-refractivity contribution in [3.63, 3.8) is 0 Å². The largest absolute Gasteiger partial charge is 0.444 e. The van der Waals surface area contributed by atoms with E-state index < -0.39 is 5.60 Å². The number of carbonyl (C=O) groups is 1. The first-order chi connectivity index (χ1) is 15.8. The first-order valence-electron chi connectivity index (χ1n) is 12.6. The van der Waals surface area contributed by atoms with Gasteiger partial charge >= 0.3 is 6.09 Å². The fourth-order valence-electron chi connectivity index (χ4n) is 5.43. The Morgan fingerprint density at radius 1 is 1.09 bits per heavy atom. The van der Waals surface area contributed by atoms with Gasteiger partial charge in [-0.1, -0.05) is 12.8 Å². The van der Waals surface area contributed by atoms with E-state index in [1.165, 1.54) is 49.8 Å². The molecule has 2 fully saturated rings. The second-order valence-electron chi connectivity index (χ2n) is 11.0. The van der Waals surface area contributed by atoms with Gasteiger partial charge in [-0.25, -0.2) is 9.48 Å². The molecule has 0 bridgehead atoms. The molecule has 1 aromatic heterocycles. The van der Waals surface area contributed by atoms with Crippen LogP contribution in [-0.4, -0.2) is 40.6 Å². The summed E-state index contributed by atoms with van der Waals surface area (Å²) in [4.78, 5) is 14.9. The van der Waals surface area contributed by atoms with Gasteiger partial charge in [-0.3, -0.25) is 0 Å². The number of aromatic nitrogens is 2. The summed E-state index contributed by atoms with van der Waals surface area (Å²) in [6.45, 7) is 10.0. The highest BCUT2D eigenvalue weighted by atomic mass is 16.6. The number of hydrogen-bond acceptors (Lipinski definition) is 4. The molecule has 180 valence electrons. The highest BCUT2D eigenvalue weighted by Crippen LogP contribution is 2.34. The number of hydrogen-bond donors (Lipinski definition) is 1. The molecule has 0 unspecified atom stereocenters. The molecule has 1 amide bonds. The van der Waals surface area contributed by atoms with Gasteiger partial charge in [0.1, 0.15) is 5.60 Å². The van der Waals surface area contributed by atoms with Crippen LogP contribution in [0.15, 0.2) is 36.7 Å². The number of ether oxygens (including phenoxy) is 1. The zero-order valence-electron chi connectivity index (χ0n) is 20.7. The molecule has 2 aromatic rings. The smallest absolute Gasteiger partial charge is 0.407 e. The first-order valence-corrected chi connectivity index (χ1v) is 12.6. The number of nitrogens with zero attached hydrogens (tertiary/aromatic N) is 3. The Labute approximate surface area is 198 Å². The Bertz CT molecular complexity index is 915. The number of carbonyl (C=O) groups excluding carboxylic acids is 1. The van der Waals surface area contributed by atoms with Crippen molar-refractivity contribution in [2.24, 2.45) is 11.8 Å². The van der Waals surface area contributed by atoms with Crippen LogP contribution >= 0.6 is 0 Å². The lowest BCUT2D eigenvalue weighted by atomic mass is 9.77. The highest BCUT2D eigenvalue weighted by molar-refractivity contribution is 5.68. The number of alkyl carbamates (subject to hydrolysis) is 1. The fraction of sp³-hybridized carbons (Fsp3) is 0.630. The van der Waals surface area contributed by atoms with E-state index in [-0.39, 0.29) is 12.1 Å². The minimum Gasteiger partial charge on any atom is -0.444 e. The maximum atomic E-state index is 12.4. The van der Waals surface area contributed by atoms with E-state index in [0.29, 0.717) is 11.8 Å². The maximum Gasteiger partial charge on any atom is 0.407 e. The van der Waals surface area contributed by atoms with Crippen LogP contribution in [0.4, 0.5) is 10.5 Å². The number of piperidine rings is 1. The minimum absolute atomic E-state index is 0.237. The number of amides is 1. The number of nitrogens with one attached hydrogen (secondary N) is 1. The van der Waals surface area contributed by atoms with Gasteiger partial charge in [-0.05, 0) is 101 Å². The molecule has 2 heterocycles. The third-order valence-corrected chi connectivity index (χ3v) is 6.96. The molecule has 1 saturated carbocycles. The summed E-state index contributed by atoms with van der Waals surface area (Å²) in [5, 5.41) is 7.61. The molecular formula is C27H40N4O2. The minimum atomic E-state index is -0.454. The van der Waals surface area contributed by atoms with Crippen molar-refractivity contribution in [3.8, 4) is 5.69 Å². The van der Waals surface area contributed by atoms with Gasteiger partial charge in [0, 0.05) is 31.0 Å². The molecule has 1 saturated heterocycles. The summed E-state index contributed by atoms with van der Waals surface area (Å²) < 4.78 is 7.46. The molecule has 33 heavy (non-hydrogen) atoms. The van der Waals surface area contributed by atoms with E-state index in [0.717, 1.165) is 25.2 Å². The Kier molecular flexibility index (Phi) is 7.30. The quantitative estimate of drug-likeness (QED) is 0.616. The van der Waals surface area contributed by atoms with Crippen molar-refractivity contribution in [2.75, 3.05) is 18.0 Å². The van der Waals surface area contributed by atoms with E-state index in [1.807, 2.05) is 31.6 Å². The van der Waals surface area contributed by atoms with Crippen LogP contribution in [0.25, 0.3) is 5.69 Å². The zero-order valence-corrected chi connectivity index (χ0v) is 20.7. The maximum absolute atomic E-state index is 12.4. The topological polar surface area (TPSA) is 59.4 Å². The van der Waals surface area contributed by atoms with Crippen molar-refractivity contribution < 1.29 is 9.53 Å². The molecule has 1 aliphatic heterocycles. The van der Waals surface area contributed by atoms with Crippen molar-refractivity contribution in [1.82, 2.24) is 15.1 Å². The highest BCUT2D eigenvalue weighted by Gasteiger charge is 2.31. The van der Waals surface area contributed by atoms with Gasteiger partial charge in [-0.15, -0.1) is 0 Å². The molecule has 4 rings (SSSR count). The zero-order chi connectivity index (χ0) is 23.4. The van der Waals surface area contributed by atoms with E-state index in [2.05, 4.69) is 52.7 Å². The van der Waals surface area contributed by atoms with E-state index in [4.69, 9.17) is 4.74 Å². The predicted octanol–water partition coefficient (Wildman–Crippen LogP) is 5.87. The Balaban J connectivity index is 1.35. The Morgan fingerprint density at radius 3 is 2.52 bits per heavy atom. The lowest BCUT2D eigenvalue weighted by Crippen LogP contribution is -2.46. The Hall–Kier alpha value is -2.50. The number of benzene rings is 1. The van der Waals surface area contributed by atoms with Gasteiger partial charge in [0.2, 0.25) is 0 Å². The van der Waals surface area contributed by atoms with Gasteiger partial charge in [0.15, 0.2) is 0 Å². The standard InChI is InChI=1S/C27H40N4O2/c1-20-17-28-31(18-20)24-13-11-23(12-14-24)30-15-7-8-21(19-30)16-22-9-5-6-10-25(22)29-26(32)33-27(2,3)4/h11-14,17-18,21-22,25H,5-10,15-16,19H2,1-4H3,(H,29,32)/t21-,22+,25-/m1/s1. The van der Waals surface area contributed by atoms with Crippen LogP contribution in [0, 0.1) is 18.8 Å². The second-order valence-corrected chi connectivity index (χ2v) is 11.0. The molecule has 0 radical (unpaired) electrons.